The van der Waals surface area contributed by atoms with Crippen LogP contribution in [0, 0.1) is 11.3 Å². The van der Waals surface area contributed by atoms with Gasteiger partial charge in [-0.1, -0.05) is 6.08 Å². The van der Waals surface area contributed by atoms with Gasteiger partial charge in [0, 0.05) is 18.9 Å². The molecule has 0 spiro atoms. The van der Waals surface area contributed by atoms with Gasteiger partial charge in [0.1, 0.15) is 12.2 Å². The largest absolute Gasteiger partial charge is 0.470 e. The third kappa shape index (κ3) is 3.32. The number of allylic oxidation sites excluding steroid dienone is 1. The van der Waals surface area contributed by atoms with Crippen molar-refractivity contribution in [3.63, 3.8) is 0 Å². The summed E-state index contributed by atoms with van der Waals surface area (Å²) in [5.74, 6) is 0.223. The van der Waals surface area contributed by atoms with E-state index >= 15 is 0 Å². The minimum absolute atomic E-state index is 0.0135. The maximum Gasteiger partial charge on any atom is 0.251 e. The average Bonchev–Trinajstić information content (AvgIpc) is 2.48. The first-order valence-corrected chi connectivity index (χ1v) is 6.54. The SMILES string of the molecule is C/C=C/C(=O)N1CCCC(Oc2nccnc2C#N)C1. The number of nitriles is 1. The van der Waals surface area contributed by atoms with Crippen molar-refractivity contribution >= 4 is 5.91 Å². The van der Waals surface area contributed by atoms with E-state index in [9.17, 15) is 4.79 Å². The number of hydrogen-bond acceptors (Lipinski definition) is 5. The van der Waals surface area contributed by atoms with Crippen LogP contribution in [-0.2, 0) is 4.79 Å². The smallest absolute Gasteiger partial charge is 0.251 e. The number of carbonyl (C=O) groups excluding carboxylic acids is 1. The van der Waals surface area contributed by atoms with Crippen molar-refractivity contribution in [3.8, 4) is 11.9 Å². The lowest BCUT2D eigenvalue weighted by molar-refractivity contribution is -0.128. The summed E-state index contributed by atoms with van der Waals surface area (Å²) in [6, 6.07) is 1.95. The Bertz CT molecular complexity index is 550. The number of amides is 1. The zero-order valence-electron chi connectivity index (χ0n) is 11.3. The van der Waals surface area contributed by atoms with Crippen LogP contribution in [0.25, 0.3) is 0 Å². The predicted octanol–water partition coefficient (Wildman–Crippen LogP) is 1.29. The fraction of sp³-hybridized carbons (Fsp3) is 0.429. The standard InChI is InChI=1S/C14H16N4O2/c1-2-4-13(19)18-8-3-5-11(10-18)20-14-12(9-15)16-6-7-17-14/h2,4,6-7,11H,3,5,8,10H2,1H3/b4-2+. The molecule has 1 aromatic rings. The number of rotatable bonds is 3. The van der Waals surface area contributed by atoms with Crippen LogP contribution in [-0.4, -0.2) is 40.0 Å². The molecule has 0 aromatic carbocycles. The Kier molecular flexibility index (Phi) is 4.66. The Labute approximate surface area is 117 Å². The number of likely N-dealkylation sites (tertiary alicyclic amines) is 1. The highest BCUT2D eigenvalue weighted by Gasteiger charge is 2.24. The van der Waals surface area contributed by atoms with E-state index in [2.05, 4.69) is 9.97 Å². The quantitative estimate of drug-likeness (QED) is 0.775. The van der Waals surface area contributed by atoms with E-state index in [1.165, 1.54) is 12.4 Å². The number of ether oxygens (including phenoxy) is 1. The van der Waals surface area contributed by atoms with Gasteiger partial charge in [0.05, 0.1) is 6.54 Å². The number of carbonyl (C=O) groups is 1. The summed E-state index contributed by atoms with van der Waals surface area (Å²) in [4.78, 5) is 21.5. The van der Waals surface area contributed by atoms with Crippen LogP contribution < -0.4 is 4.74 Å². The fourth-order valence-corrected chi connectivity index (χ4v) is 2.13. The monoisotopic (exact) mass is 272 g/mol. The maximum atomic E-state index is 11.8. The van der Waals surface area contributed by atoms with Gasteiger partial charge in [0.15, 0.2) is 0 Å². The molecule has 1 unspecified atom stereocenters. The molecule has 1 amide bonds. The van der Waals surface area contributed by atoms with E-state index in [4.69, 9.17) is 10.00 Å². The van der Waals surface area contributed by atoms with Gasteiger partial charge >= 0.3 is 0 Å². The number of aromatic nitrogens is 2. The lowest BCUT2D eigenvalue weighted by Crippen LogP contribution is -2.43. The van der Waals surface area contributed by atoms with Crippen molar-refractivity contribution in [1.29, 1.82) is 5.26 Å². The van der Waals surface area contributed by atoms with Gasteiger partial charge in [-0.15, -0.1) is 0 Å². The maximum absolute atomic E-state index is 11.8. The van der Waals surface area contributed by atoms with Crippen LogP contribution >= 0.6 is 0 Å². The van der Waals surface area contributed by atoms with Crippen LogP contribution in [0.15, 0.2) is 24.5 Å². The molecule has 1 saturated heterocycles. The Balaban J connectivity index is 2.03. The summed E-state index contributed by atoms with van der Waals surface area (Å²) in [5.41, 5.74) is 0.171. The molecule has 1 aliphatic rings. The van der Waals surface area contributed by atoms with E-state index in [1.807, 2.05) is 13.0 Å². The molecule has 0 bridgehead atoms. The van der Waals surface area contributed by atoms with Crippen LogP contribution in [0.2, 0.25) is 0 Å². The Morgan fingerprint density at radius 1 is 1.55 bits per heavy atom. The molecule has 1 aliphatic heterocycles. The molecule has 2 rings (SSSR count). The van der Waals surface area contributed by atoms with Crippen LogP contribution in [0.1, 0.15) is 25.5 Å². The first kappa shape index (κ1) is 14.0. The second kappa shape index (κ2) is 6.66. The van der Waals surface area contributed by atoms with Crippen LogP contribution in [0.3, 0.4) is 0 Å². The molecule has 0 saturated carbocycles. The highest BCUT2D eigenvalue weighted by molar-refractivity contribution is 5.87. The number of piperidine rings is 1. The van der Waals surface area contributed by atoms with Crippen LogP contribution in [0.4, 0.5) is 0 Å². The van der Waals surface area contributed by atoms with Crippen molar-refractivity contribution in [1.82, 2.24) is 14.9 Å². The minimum atomic E-state index is -0.151. The summed E-state index contributed by atoms with van der Waals surface area (Å²) in [6.45, 7) is 3.05. The molecule has 6 nitrogen and oxygen atoms in total. The Morgan fingerprint density at radius 3 is 3.10 bits per heavy atom. The minimum Gasteiger partial charge on any atom is -0.470 e. The lowest BCUT2D eigenvalue weighted by Gasteiger charge is -2.32. The topological polar surface area (TPSA) is 79.1 Å². The highest BCUT2D eigenvalue weighted by Crippen LogP contribution is 2.18. The molecule has 0 N–H and O–H groups in total. The molecule has 6 heteroatoms. The number of nitrogens with zero attached hydrogens (tertiary/aromatic N) is 4. The molecule has 2 heterocycles. The normalized spacial score (nSPS) is 18.8. The Morgan fingerprint density at radius 2 is 2.35 bits per heavy atom. The molecule has 0 radical (unpaired) electrons. The molecular formula is C14H16N4O2. The third-order valence-electron chi connectivity index (χ3n) is 3.05. The summed E-state index contributed by atoms with van der Waals surface area (Å²) in [5, 5.41) is 8.95. The lowest BCUT2D eigenvalue weighted by atomic mass is 10.1. The second-order valence-electron chi connectivity index (χ2n) is 4.49. The van der Waals surface area contributed by atoms with Gasteiger partial charge in [-0.25, -0.2) is 9.97 Å². The predicted molar refractivity (Wildman–Crippen MR) is 71.8 cm³/mol. The number of hydrogen-bond donors (Lipinski definition) is 0. The van der Waals surface area contributed by atoms with Gasteiger partial charge in [-0.05, 0) is 25.8 Å². The molecule has 1 atom stereocenters. The van der Waals surface area contributed by atoms with Gasteiger partial charge in [-0.2, -0.15) is 5.26 Å². The summed E-state index contributed by atoms with van der Waals surface area (Å²) >= 11 is 0. The molecule has 20 heavy (non-hydrogen) atoms. The molecule has 104 valence electrons. The van der Waals surface area contributed by atoms with E-state index in [0.29, 0.717) is 6.54 Å². The first-order valence-electron chi connectivity index (χ1n) is 6.54. The summed E-state index contributed by atoms with van der Waals surface area (Å²) in [7, 11) is 0. The van der Waals surface area contributed by atoms with Crippen molar-refractivity contribution in [3.05, 3.63) is 30.2 Å². The summed E-state index contributed by atoms with van der Waals surface area (Å²) in [6.07, 6.45) is 7.77. The van der Waals surface area contributed by atoms with E-state index in [1.54, 1.807) is 17.1 Å². The second-order valence-corrected chi connectivity index (χ2v) is 4.49. The van der Waals surface area contributed by atoms with Gasteiger partial charge in [0.25, 0.3) is 5.88 Å². The van der Waals surface area contributed by atoms with Crippen molar-refractivity contribution < 1.29 is 9.53 Å². The van der Waals surface area contributed by atoms with Gasteiger partial charge in [0.2, 0.25) is 11.6 Å². The highest BCUT2D eigenvalue weighted by atomic mass is 16.5. The summed E-state index contributed by atoms with van der Waals surface area (Å²) < 4.78 is 5.72. The molecule has 1 fully saturated rings. The average molecular weight is 272 g/mol. The van der Waals surface area contributed by atoms with E-state index in [-0.39, 0.29) is 23.6 Å². The zero-order valence-corrected chi connectivity index (χ0v) is 11.3. The van der Waals surface area contributed by atoms with Gasteiger partial charge in [-0.3, -0.25) is 4.79 Å². The first-order chi connectivity index (χ1) is 9.74. The molecular weight excluding hydrogens is 256 g/mol. The Hall–Kier alpha value is -2.42. The molecule has 0 aliphatic carbocycles. The van der Waals surface area contributed by atoms with E-state index < -0.39 is 0 Å². The molecule has 1 aromatic heterocycles. The zero-order chi connectivity index (χ0) is 14.4. The fourth-order valence-electron chi connectivity index (χ4n) is 2.13. The third-order valence-corrected chi connectivity index (χ3v) is 3.05. The van der Waals surface area contributed by atoms with Crippen molar-refractivity contribution in [2.75, 3.05) is 13.1 Å². The van der Waals surface area contributed by atoms with Gasteiger partial charge < -0.3 is 9.64 Å². The van der Waals surface area contributed by atoms with E-state index in [0.717, 1.165) is 19.4 Å². The van der Waals surface area contributed by atoms with Crippen LogP contribution in [0.5, 0.6) is 5.88 Å². The van der Waals surface area contributed by atoms with Crippen molar-refractivity contribution in [2.24, 2.45) is 0 Å². The van der Waals surface area contributed by atoms with Crippen molar-refractivity contribution in [2.45, 2.75) is 25.9 Å².